The number of hydrogen-bond donors (Lipinski definition) is 6. The van der Waals surface area contributed by atoms with Crippen molar-refractivity contribution < 1.29 is 19.1 Å². The van der Waals surface area contributed by atoms with Crippen LogP contribution in [0.25, 0.3) is 0 Å². The zero-order valence-electron chi connectivity index (χ0n) is 14.8. The van der Waals surface area contributed by atoms with Gasteiger partial charge in [-0.2, -0.15) is 0 Å². The number of carbonyl (C=O) groups excluding carboxylic acids is 1. The second kappa shape index (κ2) is 12.2. The lowest BCUT2D eigenvalue weighted by Crippen LogP contribution is -2.45. The Labute approximate surface area is 152 Å². The summed E-state index contributed by atoms with van der Waals surface area (Å²) in [5.74, 6) is -0.607. The number of nitrogens with one attached hydrogen (secondary N) is 2. The fourth-order valence-corrected chi connectivity index (χ4v) is 2.24. The minimum absolute atomic E-state index is 0.0243. The van der Waals surface area contributed by atoms with Crippen molar-refractivity contribution >= 4 is 12.0 Å². The number of unbranched alkanes of at least 4 members (excludes halogenated alkanes) is 2. The van der Waals surface area contributed by atoms with Gasteiger partial charge in [0.1, 0.15) is 6.04 Å². The first-order valence-corrected chi connectivity index (χ1v) is 8.73. The Hall–Kier alpha value is -2.24. The van der Waals surface area contributed by atoms with E-state index in [1.165, 1.54) is 0 Å². The summed E-state index contributed by atoms with van der Waals surface area (Å²) in [6.45, 7) is 1.06. The molecule has 0 spiro atoms. The van der Waals surface area contributed by atoms with Gasteiger partial charge in [-0.1, -0.05) is 6.42 Å². The monoisotopic (exact) mass is 371 g/mol. The number of nitrogens with two attached hydrogens (primary N) is 3. The van der Waals surface area contributed by atoms with Gasteiger partial charge in [0.05, 0.1) is 12.6 Å². The van der Waals surface area contributed by atoms with Crippen molar-refractivity contribution in [3.63, 3.8) is 0 Å². The maximum Gasteiger partial charge on any atom is 0.326 e. The Bertz CT molecular complexity index is 552. The van der Waals surface area contributed by atoms with Gasteiger partial charge in [-0.15, -0.1) is 10.2 Å². The van der Waals surface area contributed by atoms with Crippen LogP contribution in [0.5, 0.6) is 0 Å². The minimum atomic E-state index is -1.10. The minimum Gasteiger partial charge on any atom is -0.480 e. The van der Waals surface area contributed by atoms with Crippen LogP contribution in [0.15, 0.2) is 4.42 Å². The van der Waals surface area contributed by atoms with Crippen LogP contribution < -0.4 is 27.8 Å². The van der Waals surface area contributed by atoms with Crippen molar-refractivity contribution in [2.75, 3.05) is 13.1 Å². The lowest BCUT2D eigenvalue weighted by atomic mass is 10.1. The number of carbonyl (C=O) groups is 2. The molecule has 11 nitrogen and oxygen atoms in total. The first-order chi connectivity index (χ1) is 12.5. The van der Waals surface area contributed by atoms with Crippen LogP contribution in [0.4, 0.5) is 4.79 Å². The molecule has 0 fully saturated rings. The second-order valence-corrected chi connectivity index (χ2v) is 5.93. The third-order valence-corrected chi connectivity index (χ3v) is 3.72. The van der Waals surface area contributed by atoms with E-state index >= 15 is 0 Å². The highest BCUT2D eigenvalue weighted by atomic mass is 16.4. The summed E-state index contributed by atoms with van der Waals surface area (Å²) in [4.78, 5) is 23.0. The third kappa shape index (κ3) is 8.23. The van der Waals surface area contributed by atoms with Crippen molar-refractivity contribution in [1.82, 2.24) is 20.8 Å². The summed E-state index contributed by atoms with van der Waals surface area (Å²) in [5.41, 5.74) is 16.8. The van der Waals surface area contributed by atoms with E-state index in [0.29, 0.717) is 44.7 Å². The highest BCUT2D eigenvalue weighted by Crippen LogP contribution is 2.15. The standard InChI is InChI=1S/C15H29N7O4/c16-7-3-1-5-10(18)13-22-21-12(26-13)9-19-15(25)20-11(14(23)24)6-2-4-8-17/h10-11H,1-9,16-18H2,(H,23,24)(H2,19,20,25). The van der Waals surface area contributed by atoms with E-state index in [0.717, 1.165) is 12.8 Å². The molecule has 1 aromatic rings. The SMILES string of the molecule is NCCCCC(NC(=O)NCc1nnc(C(N)CCCCN)o1)C(=O)O. The molecule has 1 aromatic heterocycles. The third-order valence-electron chi connectivity index (χ3n) is 3.72. The number of aromatic nitrogens is 2. The summed E-state index contributed by atoms with van der Waals surface area (Å²) in [6, 6.07) is -1.98. The average Bonchev–Trinajstić information content (AvgIpc) is 3.08. The van der Waals surface area contributed by atoms with Gasteiger partial charge in [0.2, 0.25) is 11.8 Å². The Morgan fingerprint density at radius 2 is 1.73 bits per heavy atom. The first-order valence-electron chi connectivity index (χ1n) is 8.73. The first kappa shape index (κ1) is 21.8. The van der Waals surface area contributed by atoms with E-state index in [1.54, 1.807) is 0 Å². The van der Waals surface area contributed by atoms with Gasteiger partial charge in [-0.3, -0.25) is 0 Å². The number of carboxylic acids is 1. The molecule has 0 radical (unpaired) electrons. The number of rotatable bonds is 13. The summed E-state index contributed by atoms with van der Waals surface area (Å²) in [6.07, 6.45) is 4.02. The number of carboxylic acid groups (broad SMARTS) is 1. The Kier molecular flexibility index (Phi) is 10.2. The smallest absolute Gasteiger partial charge is 0.326 e. The number of urea groups is 1. The molecule has 0 aliphatic carbocycles. The molecule has 2 amide bonds. The van der Waals surface area contributed by atoms with Crippen LogP contribution in [0.3, 0.4) is 0 Å². The lowest BCUT2D eigenvalue weighted by Gasteiger charge is -2.14. The summed E-state index contributed by atoms with van der Waals surface area (Å²) in [5, 5.41) is 21.7. The highest BCUT2D eigenvalue weighted by Gasteiger charge is 2.20. The van der Waals surface area contributed by atoms with Crippen molar-refractivity contribution in [1.29, 1.82) is 0 Å². The predicted octanol–water partition coefficient (Wildman–Crippen LogP) is -0.420. The Morgan fingerprint density at radius 1 is 1.08 bits per heavy atom. The van der Waals surface area contributed by atoms with E-state index in [1.807, 2.05) is 0 Å². The average molecular weight is 371 g/mol. The number of nitrogens with zero attached hydrogens (tertiary/aromatic N) is 2. The molecule has 148 valence electrons. The lowest BCUT2D eigenvalue weighted by molar-refractivity contribution is -0.139. The molecule has 26 heavy (non-hydrogen) atoms. The molecule has 0 saturated carbocycles. The van der Waals surface area contributed by atoms with Crippen molar-refractivity contribution in [3.8, 4) is 0 Å². The molecule has 0 saturated heterocycles. The van der Waals surface area contributed by atoms with E-state index in [2.05, 4.69) is 20.8 Å². The molecule has 0 aliphatic heterocycles. The summed E-state index contributed by atoms with van der Waals surface area (Å²) < 4.78 is 5.41. The van der Waals surface area contributed by atoms with Gasteiger partial charge in [-0.25, -0.2) is 9.59 Å². The van der Waals surface area contributed by atoms with Crippen LogP contribution in [-0.4, -0.2) is 46.4 Å². The maximum atomic E-state index is 11.8. The Balaban J connectivity index is 2.40. The molecule has 1 heterocycles. The largest absolute Gasteiger partial charge is 0.480 e. The molecule has 2 unspecified atom stereocenters. The molecule has 2 atom stereocenters. The second-order valence-electron chi connectivity index (χ2n) is 5.93. The number of hydrogen-bond acceptors (Lipinski definition) is 8. The van der Waals surface area contributed by atoms with Gasteiger partial charge in [0.25, 0.3) is 0 Å². The van der Waals surface area contributed by atoms with E-state index in [9.17, 15) is 9.59 Å². The van der Waals surface area contributed by atoms with Crippen LogP contribution in [0.2, 0.25) is 0 Å². The van der Waals surface area contributed by atoms with E-state index in [4.69, 9.17) is 26.7 Å². The van der Waals surface area contributed by atoms with Gasteiger partial charge in [-0.05, 0) is 45.2 Å². The molecule has 0 aromatic carbocycles. The number of amides is 2. The summed E-state index contributed by atoms with van der Waals surface area (Å²) >= 11 is 0. The van der Waals surface area contributed by atoms with Crippen LogP contribution in [0.1, 0.15) is 56.3 Å². The van der Waals surface area contributed by atoms with Crippen LogP contribution in [-0.2, 0) is 11.3 Å². The van der Waals surface area contributed by atoms with Crippen molar-refractivity contribution in [2.24, 2.45) is 17.2 Å². The zero-order valence-corrected chi connectivity index (χ0v) is 14.8. The fourth-order valence-electron chi connectivity index (χ4n) is 2.24. The van der Waals surface area contributed by atoms with E-state index in [-0.39, 0.29) is 18.5 Å². The van der Waals surface area contributed by atoms with Crippen LogP contribution in [0, 0.1) is 0 Å². The van der Waals surface area contributed by atoms with Crippen molar-refractivity contribution in [3.05, 3.63) is 11.8 Å². The van der Waals surface area contributed by atoms with Gasteiger partial charge in [0, 0.05) is 0 Å². The quantitative estimate of drug-likeness (QED) is 0.249. The molecule has 11 heteroatoms. The number of aliphatic carboxylic acids is 1. The van der Waals surface area contributed by atoms with Crippen molar-refractivity contribution in [2.45, 2.75) is 57.2 Å². The molecule has 1 rings (SSSR count). The van der Waals surface area contributed by atoms with Gasteiger partial charge >= 0.3 is 12.0 Å². The molecule has 9 N–H and O–H groups in total. The highest BCUT2D eigenvalue weighted by molar-refractivity contribution is 5.82. The van der Waals surface area contributed by atoms with Crippen LogP contribution >= 0.6 is 0 Å². The normalized spacial score (nSPS) is 13.2. The molecule has 0 aliphatic rings. The fraction of sp³-hybridized carbons (Fsp3) is 0.733. The Morgan fingerprint density at radius 3 is 2.35 bits per heavy atom. The maximum absolute atomic E-state index is 11.8. The topological polar surface area (TPSA) is 195 Å². The van der Waals surface area contributed by atoms with Gasteiger partial charge in [0.15, 0.2) is 0 Å². The zero-order chi connectivity index (χ0) is 19.4. The molecular formula is C15H29N7O4. The molecule has 0 bridgehead atoms. The predicted molar refractivity (Wildman–Crippen MR) is 93.8 cm³/mol. The van der Waals surface area contributed by atoms with E-state index < -0.39 is 18.0 Å². The summed E-state index contributed by atoms with van der Waals surface area (Å²) in [7, 11) is 0. The van der Waals surface area contributed by atoms with Gasteiger partial charge < -0.3 is 37.4 Å². The molecular weight excluding hydrogens is 342 g/mol.